The molecule has 8 heteroatoms. The highest BCUT2D eigenvalue weighted by Crippen LogP contribution is 2.44. The standard InChI is InChI=1S/C26H30N2O6/c1-33-15-23(25(30)31)28-24(29)16-7-6-8-17(13-16)27-26(32)34-14-22-20-11-4-2-9-18(20)19-10-3-5-12-21(19)22/h2-5,9-12,16-17,22-23H,6-8,13-15H2,1H3,(H,27,32)(H,28,29)(H,30,31)/t16-,17+,23+/m1/s1. The van der Waals surface area contributed by atoms with Crippen molar-refractivity contribution in [2.75, 3.05) is 20.3 Å². The van der Waals surface area contributed by atoms with Crippen LogP contribution in [-0.4, -0.2) is 55.5 Å². The van der Waals surface area contributed by atoms with Crippen LogP contribution in [0.4, 0.5) is 4.79 Å². The summed E-state index contributed by atoms with van der Waals surface area (Å²) in [5.41, 5.74) is 4.63. The fourth-order valence-electron chi connectivity index (χ4n) is 5.00. The first kappa shape index (κ1) is 23.8. The average molecular weight is 467 g/mol. The van der Waals surface area contributed by atoms with E-state index in [0.29, 0.717) is 12.8 Å². The number of amides is 2. The van der Waals surface area contributed by atoms with E-state index in [9.17, 15) is 19.5 Å². The van der Waals surface area contributed by atoms with Crippen LogP contribution in [0, 0.1) is 5.92 Å². The molecule has 3 N–H and O–H groups in total. The van der Waals surface area contributed by atoms with E-state index in [4.69, 9.17) is 9.47 Å². The molecule has 0 unspecified atom stereocenters. The number of aliphatic carboxylic acids is 1. The second kappa shape index (κ2) is 10.7. The minimum Gasteiger partial charge on any atom is -0.480 e. The molecule has 0 radical (unpaired) electrons. The molecule has 0 saturated heterocycles. The summed E-state index contributed by atoms with van der Waals surface area (Å²) in [6.45, 7) is 0.128. The van der Waals surface area contributed by atoms with E-state index in [-0.39, 0.29) is 37.0 Å². The van der Waals surface area contributed by atoms with Crippen molar-refractivity contribution in [2.24, 2.45) is 5.92 Å². The number of carbonyl (C=O) groups is 3. The van der Waals surface area contributed by atoms with Gasteiger partial charge in [-0.25, -0.2) is 9.59 Å². The third kappa shape index (κ3) is 5.22. The van der Waals surface area contributed by atoms with Gasteiger partial charge in [0.05, 0.1) is 6.61 Å². The Labute approximate surface area is 198 Å². The number of hydrogen-bond donors (Lipinski definition) is 3. The molecule has 180 valence electrons. The van der Waals surface area contributed by atoms with Gasteiger partial charge in [0.2, 0.25) is 5.91 Å². The van der Waals surface area contributed by atoms with Gasteiger partial charge in [-0.05, 0) is 41.5 Å². The highest BCUT2D eigenvalue weighted by Gasteiger charge is 2.32. The second-order valence-corrected chi connectivity index (χ2v) is 8.89. The van der Waals surface area contributed by atoms with E-state index in [1.165, 1.54) is 18.2 Å². The molecule has 2 aromatic rings. The van der Waals surface area contributed by atoms with Gasteiger partial charge in [-0.1, -0.05) is 55.0 Å². The zero-order valence-electron chi connectivity index (χ0n) is 19.2. The van der Waals surface area contributed by atoms with Gasteiger partial charge in [-0.3, -0.25) is 4.79 Å². The molecule has 0 aromatic heterocycles. The number of hydrogen-bond acceptors (Lipinski definition) is 5. The largest absolute Gasteiger partial charge is 0.480 e. The monoisotopic (exact) mass is 466 g/mol. The predicted octanol–water partition coefficient (Wildman–Crippen LogP) is 3.30. The van der Waals surface area contributed by atoms with Gasteiger partial charge in [0.1, 0.15) is 6.61 Å². The van der Waals surface area contributed by atoms with E-state index in [1.807, 2.05) is 24.3 Å². The first-order valence-electron chi connectivity index (χ1n) is 11.6. The molecule has 0 spiro atoms. The lowest BCUT2D eigenvalue weighted by atomic mass is 9.85. The van der Waals surface area contributed by atoms with Crippen LogP contribution < -0.4 is 10.6 Å². The molecule has 34 heavy (non-hydrogen) atoms. The molecule has 4 rings (SSSR count). The minimum absolute atomic E-state index is 0.0169. The highest BCUT2D eigenvalue weighted by atomic mass is 16.5. The Balaban J connectivity index is 1.31. The normalized spacial score (nSPS) is 20.0. The number of carboxylic acids is 1. The third-order valence-electron chi connectivity index (χ3n) is 6.66. The van der Waals surface area contributed by atoms with Gasteiger partial charge in [0, 0.05) is 25.0 Å². The fourth-order valence-corrected chi connectivity index (χ4v) is 5.00. The van der Waals surface area contributed by atoms with Crippen molar-refractivity contribution in [2.45, 2.75) is 43.7 Å². The smallest absolute Gasteiger partial charge is 0.407 e. The molecular formula is C26H30N2O6. The number of fused-ring (bicyclic) bond motifs is 3. The Morgan fingerprint density at radius 3 is 2.29 bits per heavy atom. The molecule has 2 aliphatic carbocycles. The summed E-state index contributed by atoms with van der Waals surface area (Å²) in [6, 6.07) is 15.0. The van der Waals surface area contributed by atoms with E-state index in [1.54, 1.807) is 0 Å². The molecule has 2 amide bonds. The van der Waals surface area contributed by atoms with Crippen molar-refractivity contribution in [3.8, 4) is 11.1 Å². The number of alkyl carbamates (subject to hydrolysis) is 1. The molecule has 3 atom stereocenters. The number of rotatable bonds is 8. The van der Waals surface area contributed by atoms with E-state index < -0.39 is 18.1 Å². The fraction of sp³-hybridized carbons (Fsp3) is 0.423. The zero-order chi connectivity index (χ0) is 24.1. The van der Waals surface area contributed by atoms with Crippen molar-refractivity contribution >= 4 is 18.0 Å². The molecule has 2 aliphatic rings. The van der Waals surface area contributed by atoms with Crippen LogP contribution >= 0.6 is 0 Å². The van der Waals surface area contributed by atoms with Crippen molar-refractivity contribution in [1.29, 1.82) is 0 Å². The van der Waals surface area contributed by atoms with Crippen molar-refractivity contribution < 1.29 is 29.0 Å². The summed E-state index contributed by atoms with van der Waals surface area (Å²) in [7, 11) is 1.39. The summed E-state index contributed by atoms with van der Waals surface area (Å²) < 4.78 is 10.5. The highest BCUT2D eigenvalue weighted by molar-refractivity contribution is 5.85. The molecule has 0 bridgehead atoms. The van der Waals surface area contributed by atoms with Crippen LogP contribution in [0.15, 0.2) is 48.5 Å². The molecule has 0 aliphatic heterocycles. The first-order valence-corrected chi connectivity index (χ1v) is 11.6. The predicted molar refractivity (Wildman–Crippen MR) is 125 cm³/mol. The lowest BCUT2D eigenvalue weighted by Crippen LogP contribution is -2.48. The lowest BCUT2D eigenvalue weighted by Gasteiger charge is -2.29. The number of carboxylic acid groups (broad SMARTS) is 1. The summed E-state index contributed by atoms with van der Waals surface area (Å²) in [5.74, 6) is -1.86. The van der Waals surface area contributed by atoms with Gasteiger partial charge in [-0.15, -0.1) is 0 Å². The SMILES string of the molecule is COC[C@H](NC(=O)[C@@H]1CCC[C@H](NC(=O)OCC2c3ccccc3-c3ccccc32)C1)C(=O)O. The van der Waals surface area contributed by atoms with Crippen LogP contribution in [0.25, 0.3) is 11.1 Å². The Morgan fingerprint density at radius 1 is 1.03 bits per heavy atom. The topological polar surface area (TPSA) is 114 Å². The molecule has 8 nitrogen and oxygen atoms in total. The quantitative estimate of drug-likeness (QED) is 0.550. The van der Waals surface area contributed by atoms with Crippen molar-refractivity contribution in [1.82, 2.24) is 10.6 Å². The average Bonchev–Trinajstić information content (AvgIpc) is 3.16. The van der Waals surface area contributed by atoms with Crippen LogP contribution in [0.2, 0.25) is 0 Å². The van der Waals surface area contributed by atoms with Crippen molar-refractivity contribution in [3.63, 3.8) is 0 Å². The van der Waals surface area contributed by atoms with Gasteiger partial charge in [0.15, 0.2) is 6.04 Å². The third-order valence-corrected chi connectivity index (χ3v) is 6.66. The lowest BCUT2D eigenvalue weighted by molar-refractivity contribution is -0.144. The summed E-state index contributed by atoms with van der Waals surface area (Å²) in [4.78, 5) is 36.5. The zero-order valence-corrected chi connectivity index (χ0v) is 19.2. The molecule has 2 aromatic carbocycles. The van der Waals surface area contributed by atoms with E-state index in [0.717, 1.165) is 24.0 Å². The van der Waals surface area contributed by atoms with Gasteiger partial charge in [0.25, 0.3) is 0 Å². The van der Waals surface area contributed by atoms with Crippen LogP contribution in [0.3, 0.4) is 0 Å². The van der Waals surface area contributed by atoms with Gasteiger partial charge in [-0.2, -0.15) is 0 Å². The summed E-state index contributed by atoms with van der Waals surface area (Å²) in [6.07, 6.45) is 2.09. The van der Waals surface area contributed by atoms with Gasteiger partial charge >= 0.3 is 12.1 Å². The van der Waals surface area contributed by atoms with E-state index in [2.05, 4.69) is 34.9 Å². The Bertz CT molecular complexity index is 1010. The second-order valence-electron chi connectivity index (χ2n) is 8.89. The molecule has 1 fully saturated rings. The van der Waals surface area contributed by atoms with Crippen LogP contribution in [0.5, 0.6) is 0 Å². The maximum absolute atomic E-state index is 12.6. The maximum atomic E-state index is 12.6. The summed E-state index contributed by atoms with van der Waals surface area (Å²) >= 11 is 0. The first-order chi connectivity index (χ1) is 16.5. The molecule has 0 heterocycles. The van der Waals surface area contributed by atoms with Gasteiger partial charge < -0.3 is 25.2 Å². The minimum atomic E-state index is -1.14. The number of benzene rings is 2. The van der Waals surface area contributed by atoms with Crippen LogP contribution in [-0.2, 0) is 19.1 Å². The number of nitrogens with one attached hydrogen (secondary N) is 2. The number of ether oxygens (including phenoxy) is 2. The Hall–Kier alpha value is -3.39. The van der Waals surface area contributed by atoms with E-state index >= 15 is 0 Å². The Kier molecular flexibility index (Phi) is 7.47. The van der Waals surface area contributed by atoms with Crippen LogP contribution in [0.1, 0.15) is 42.7 Å². The number of carbonyl (C=O) groups excluding carboxylic acids is 2. The maximum Gasteiger partial charge on any atom is 0.407 e. The summed E-state index contributed by atoms with van der Waals surface area (Å²) in [5, 5.41) is 14.7. The number of methoxy groups -OCH3 is 1. The molecular weight excluding hydrogens is 436 g/mol. The molecule has 1 saturated carbocycles. The van der Waals surface area contributed by atoms with Crippen molar-refractivity contribution in [3.05, 3.63) is 59.7 Å². The Morgan fingerprint density at radius 2 is 1.68 bits per heavy atom.